The van der Waals surface area contributed by atoms with Gasteiger partial charge < -0.3 is 10.5 Å². The van der Waals surface area contributed by atoms with Crippen molar-refractivity contribution in [2.45, 2.75) is 17.7 Å². The molecule has 33 heavy (non-hydrogen) atoms. The molecule has 2 heterocycles. The summed E-state index contributed by atoms with van der Waals surface area (Å²) in [6.07, 6.45) is 1.39. The largest absolute Gasteiger partial charge is 0.478 e. The Balaban J connectivity index is 2.11. The van der Waals surface area contributed by atoms with E-state index in [4.69, 9.17) is 10.5 Å². The van der Waals surface area contributed by atoms with Crippen LogP contribution in [0.2, 0.25) is 0 Å². The molecule has 1 aromatic heterocycles. The number of quaternary nitrogens is 1. The van der Waals surface area contributed by atoms with Crippen LogP contribution in [-0.2, 0) is 14.8 Å². The van der Waals surface area contributed by atoms with E-state index in [1.807, 2.05) is 0 Å². The first-order chi connectivity index (χ1) is 15.7. The first-order valence-corrected chi connectivity index (χ1v) is 11.2. The maximum atomic E-state index is 14.3. The Kier molecular flexibility index (Phi) is 5.46. The van der Waals surface area contributed by atoms with Crippen molar-refractivity contribution in [1.29, 1.82) is 0 Å². The molecule has 0 aliphatic carbocycles. The number of benzene rings is 2. The number of urea groups is 1. The minimum Gasteiger partial charge on any atom is -0.478 e. The highest BCUT2D eigenvalue weighted by molar-refractivity contribution is 7.92. The van der Waals surface area contributed by atoms with Crippen LogP contribution in [-0.4, -0.2) is 31.9 Å². The van der Waals surface area contributed by atoms with Crippen LogP contribution >= 0.6 is 0 Å². The maximum Gasteiger partial charge on any atom is 0.442 e. The van der Waals surface area contributed by atoms with Gasteiger partial charge in [-0.25, -0.2) is 23.4 Å². The summed E-state index contributed by atoms with van der Waals surface area (Å²) in [5.41, 5.74) is 4.82. The first-order valence-electron chi connectivity index (χ1n) is 9.78. The summed E-state index contributed by atoms with van der Waals surface area (Å²) in [5.74, 6) is -5.52. The van der Waals surface area contributed by atoms with Crippen molar-refractivity contribution in [3.8, 4) is 5.88 Å². The Hall–Kier alpha value is -3.70. The SMILES string of the molecule is CCOc1ncccc1C1C(=O)[N+](C(N)=O)(S(=O)(=O)c2ccccc2)c2cc(F)c(F)cc21. The number of hydrogen-bond donors (Lipinski definition) is 1. The second-order valence-electron chi connectivity index (χ2n) is 7.16. The number of halogens is 2. The Labute approximate surface area is 187 Å². The molecular weight excluding hydrogens is 456 g/mol. The van der Waals surface area contributed by atoms with Gasteiger partial charge in [0.1, 0.15) is 10.8 Å². The van der Waals surface area contributed by atoms with Crippen LogP contribution in [0, 0.1) is 11.6 Å². The molecule has 1 aliphatic heterocycles. The zero-order valence-electron chi connectivity index (χ0n) is 17.2. The van der Waals surface area contributed by atoms with Crippen LogP contribution in [0.3, 0.4) is 0 Å². The van der Waals surface area contributed by atoms with Crippen LogP contribution in [0.15, 0.2) is 65.7 Å². The number of nitrogens with zero attached hydrogens (tertiary/aromatic N) is 2. The fourth-order valence-electron chi connectivity index (χ4n) is 4.01. The van der Waals surface area contributed by atoms with Gasteiger partial charge in [-0.1, -0.05) is 24.3 Å². The highest BCUT2D eigenvalue weighted by Crippen LogP contribution is 2.51. The standard InChI is InChI=1S/C22H17F2N3O5S/c1-2-32-20-14(9-6-10-26-20)19-15-11-16(23)17(24)12-18(15)27(21(19)28,22(25)29)33(30,31)13-7-4-3-5-8-13/h3-12,19H,2H2,1H3,(H-,25,29)/p+1. The fraction of sp³-hybridized carbons (Fsp3) is 0.136. The topological polar surface area (TPSA) is 116 Å². The molecule has 0 saturated heterocycles. The number of ether oxygens (including phenoxy) is 1. The molecule has 2 unspecified atom stereocenters. The van der Waals surface area contributed by atoms with Gasteiger partial charge in [-0.05, 0) is 35.1 Å². The van der Waals surface area contributed by atoms with E-state index in [2.05, 4.69) is 4.98 Å². The summed E-state index contributed by atoms with van der Waals surface area (Å²) in [7, 11) is -4.89. The summed E-state index contributed by atoms with van der Waals surface area (Å²) in [5, 5.41) is 0. The summed E-state index contributed by atoms with van der Waals surface area (Å²) >= 11 is 0. The molecule has 4 rings (SSSR count). The number of fused-ring (bicyclic) bond motifs is 1. The van der Waals surface area contributed by atoms with E-state index >= 15 is 0 Å². The van der Waals surface area contributed by atoms with Crippen LogP contribution in [0.5, 0.6) is 5.88 Å². The molecule has 11 heteroatoms. The van der Waals surface area contributed by atoms with Crippen LogP contribution in [0.1, 0.15) is 24.0 Å². The number of amides is 3. The van der Waals surface area contributed by atoms with Crippen LogP contribution in [0.25, 0.3) is 0 Å². The molecule has 1 aliphatic rings. The van der Waals surface area contributed by atoms with Crippen molar-refractivity contribution >= 4 is 27.6 Å². The zero-order valence-corrected chi connectivity index (χ0v) is 18.1. The lowest BCUT2D eigenvalue weighted by Gasteiger charge is -2.26. The van der Waals surface area contributed by atoms with E-state index in [1.54, 1.807) is 6.92 Å². The normalized spacial score (nSPS) is 19.8. The Bertz CT molecular complexity index is 1380. The summed E-state index contributed by atoms with van der Waals surface area (Å²) in [6, 6.07) is 9.20. The minimum atomic E-state index is -4.89. The third-order valence-electron chi connectivity index (χ3n) is 5.38. The molecule has 2 aromatic carbocycles. The summed E-state index contributed by atoms with van der Waals surface area (Å²) in [4.78, 5) is 30.4. The number of carbonyl (C=O) groups is 2. The second-order valence-corrected chi connectivity index (χ2v) is 9.13. The number of rotatable bonds is 5. The lowest BCUT2D eigenvalue weighted by atomic mass is 9.93. The van der Waals surface area contributed by atoms with Crippen molar-refractivity contribution in [2.75, 3.05) is 6.61 Å². The molecule has 8 nitrogen and oxygen atoms in total. The Morgan fingerprint density at radius 1 is 1.09 bits per heavy atom. The molecule has 3 amide bonds. The van der Waals surface area contributed by atoms with Gasteiger partial charge in [-0.2, -0.15) is 8.42 Å². The number of imide groups is 1. The van der Waals surface area contributed by atoms with Crippen LogP contribution in [0.4, 0.5) is 19.3 Å². The number of primary amides is 1. The van der Waals surface area contributed by atoms with Crippen molar-refractivity contribution in [1.82, 2.24) is 8.87 Å². The molecular formula is C22H18F2N3O5S+. The molecule has 0 bridgehead atoms. The lowest BCUT2D eigenvalue weighted by molar-refractivity contribution is -0.123. The molecule has 0 fully saturated rings. The second kappa shape index (κ2) is 8.01. The monoisotopic (exact) mass is 474 g/mol. The van der Waals surface area contributed by atoms with Crippen molar-refractivity contribution in [3.05, 3.63) is 83.6 Å². The number of nitrogens with two attached hydrogens (primary N) is 1. The van der Waals surface area contributed by atoms with Gasteiger partial charge in [0.15, 0.2) is 17.3 Å². The summed E-state index contributed by atoms with van der Waals surface area (Å²) in [6.45, 7) is 1.83. The van der Waals surface area contributed by atoms with E-state index in [-0.39, 0.29) is 23.6 Å². The van der Waals surface area contributed by atoms with Gasteiger partial charge >= 0.3 is 22.0 Å². The Morgan fingerprint density at radius 2 is 1.76 bits per heavy atom. The van der Waals surface area contributed by atoms with Gasteiger partial charge in [0.05, 0.1) is 6.61 Å². The third kappa shape index (κ3) is 3.11. The van der Waals surface area contributed by atoms with E-state index < -0.39 is 54.0 Å². The summed E-state index contributed by atoms with van der Waals surface area (Å²) < 4.78 is 59.6. The van der Waals surface area contributed by atoms with Crippen molar-refractivity contribution < 1.29 is 31.5 Å². The predicted molar refractivity (Wildman–Crippen MR) is 114 cm³/mol. The predicted octanol–water partition coefficient (Wildman–Crippen LogP) is 3.21. The van der Waals surface area contributed by atoms with Gasteiger partial charge in [-0.15, -0.1) is 0 Å². The molecule has 170 valence electrons. The van der Waals surface area contributed by atoms with E-state index in [9.17, 15) is 26.8 Å². The van der Waals surface area contributed by atoms with Gasteiger partial charge in [0.25, 0.3) is 0 Å². The quantitative estimate of drug-likeness (QED) is 0.568. The molecule has 2 N–H and O–H groups in total. The maximum absolute atomic E-state index is 14.3. The van der Waals surface area contributed by atoms with E-state index in [0.717, 1.165) is 0 Å². The molecule has 3 aromatic rings. The first kappa shape index (κ1) is 22.5. The highest BCUT2D eigenvalue weighted by Gasteiger charge is 2.67. The van der Waals surface area contributed by atoms with Crippen molar-refractivity contribution in [3.63, 3.8) is 0 Å². The highest BCUT2D eigenvalue weighted by atomic mass is 32.2. The zero-order chi connectivity index (χ0) is 24.0. The Morgan fingerprint density at radius 3 is 2.39 bits per heavy atom. The molecule has 0 spiro atoms. The number of hydrogen-bond acceptors (Lipinski definition) is 6. The molecule has 0 saturated carbocycles. The van der Waals surface area contributed by atoms with E-state index in [1.165, 1.54) is 48.7 Å². The average molecular weight is 474 g/mol. The minimum absolute atomic E-state index is 0.0180. The van der Waals surface area contributed by atoms with Gasteiger partial charge in [0, 0.05) is 23.4 Å². The van der Waals surface area contributed by atoms with Crippen molar-refractivity contribution in [2.24, 2.45) is 5.73 Å². The van der Waals surface area contributed by atoms with Gasteiger partial charge in [0.2, 0.25) is 5.88 Å². The third-order valence-corrected chi connectivity index (χ3v) is 7.53. The molecule has 0 radical (unpaired) electrons. The number of pyridine rings is 1. The molecule has 2 atom stereocenters. The average Bonchev–Trinajstić information content (AvgIpc) is 3.04. The smallest absolute Gasteiger partial charge is 0.442 e. The number of carbonyl (C=O) groups excluding carboxylic acids is 2. The van der Waals surface area contributed by atoms with E-state index in [0.29, 0.717) is 12.1 Å². The lowest BCUT2D eigenvalue weighted by Crippen LogP contribution is -2.63. The van der Waals surface area contributed by atoms with Gasteiger partial charge in [-0.3, -0.25) is 0 Å². The van der Waals surface area contributed by atoms with Crippen LogP contribution < -0.4 is 14.4 Å². The number of sulfonamides is 1. The number of aromatic nitrogens is 1. The fourth-order valence-corrected chi connectivity index (χ4v) is 5.83.